The quantitative estimate of drug-likeness (QED) is 0.865. The van der Waals surface area contributed by atoms with Crippen molar-refractivity contribution in [2.24, 2.45) is 0 Å². The second-order valence-electron chi connectivity index (χ2n) is 3.31. The third-order valence-corrected chi connectivity index (χ3v) is 2.30. The molecule has 0 aliphatic heterocycles. The van der Waals surface area contributed by atoms with Gasteiger partial charge in [-0.2, -0.15) is 0 Å². The minimum atomic E-state index is -0.721. The van der Waals surface area contributed by atoms with Crippen LogP contribution in [0, 0.1) is 11.6 Å². The Morgan fingerprint density at radius 1 is 1.24 bits per heavy atom. The standard InChI is InChI=1S/C11H8ClF2N3/c12-6-4-9(15)11(16-5-6)17-10-7(13)2-1-3-8(10)14/h1-5H,15H2,(H,16,17). The second kappa shape index (κ2) is 4.55. The summed E-state index contributed by atoms with van der Waals surface area (Å²) in [6, 6.07) is 4.99. The van der Waals surface area contributed by atoms with Gasteiger partial charge in [0, 0.05) is 6.20 Å². The molecule has 1 aromatic carbocycles. The van der Waals surface area contributed by atoms with Crippen LogP contribution in [0.3, 0.4) is 0 Å². The molecule has 0 fully saturated rings. The summed E-state index contributed by atoms with van der Waals surface area (Å²) in [5, 5.41) is 2.84. The number of aromatic nitrogens is 1. The largest absolute Gasteiger partial charge is 0.396 e. The van der Waals surface area contributed by atoms with Gasteiger partial charge in [0.15, 0.2) is 5.82 Å². The summed E-state index contributed by atoms with van der Waals surface area (Å²) in [6.45, 7) is 0. The molecule has 0 atom stereocenters. The fourth-order valence-electron chi connectivity index (χ4n) is 1.30. The third kappa shape index (κ3) is 2.45. The molecular formula is C11H8ClF2N3. The average Bonchev–Trinajstić information content (AvgIpc) is 2.26. The van der Waals surface area contributed by atoms with E-state index in [1.807, 2.05) is 0 Å². The molecule has 0 amide bonds. The number of hydrogen-bond acceptors (Lipinski definition) is 3. The Morgan fingerprint density at radius 3 is 2.47 bits per heavy atom. The fraction of sp³-hybridized carbons (Fsp3) is 0. The SMILES string of the molecule is Nc1cc(Cl)cnc1Nc1c(F)cccc1F. The first-order valence-corrected chi connectivity index (χ1v) is 5.08. The van der Waals surface area contributed by atoms with E-state index in [0.29, 0.717) is 5.02 Å². The molecular weight excluding hydrogens is 248 g/mol. The maximum Gasteiger partial charge on any atom is 0.153 e. The molecule has 2 aromatic rings. The Kier molecular flexibility index (Phi) is 3.10. The van der Waals surface area contributed by atoms with Crippen LogP contribution in [0.4, 0.5) is 26.0 Å². The molecule has 88 valence electrons. The lowest BCUT2D eigenvalue weighted by molar-refractivity contribution is 0.590. The van der Waals surface area contributed by atoms with Crippen molar-refractivity contribution >= 4 is 28.8 Å². The van der Waals surface area contributed by atoms with Crippen molar-refractivity contribution < 1.29 is 8.78 Å². The smallest absolute Gasteiger partial charge is 0.153 e. The van der Waals surface area contributed by atoms with Crippen LogP contribution in [0.5, 0.6) is 0 Å². The first-order valence-electron chi connectivity index (χ1n) is 4.70. The number of anilines is 3. The maximum absolute atomic E-state index is 13.3. The van der Waals surface area contributed by atoms with Gasteiger partial charge in [0.2, 0.25) is 0 Å². The van der Waals surface area contributed by atoms with E-state index in [9.17, 15) is 8.78 Å². The van der Waals surface area contributed by atoms with Crippen LogP contribution in [-0.4, -0.2) is 4.98 Å². The number of nitrogen functional groups attached to an aromatic ring is 1. The van der Waals surface area contributed by atoms with Crippen LogP contribution in [0.25, 0.3) is 0 Å². The highest BCUT2D eigenvalue weighted by Gasteiger charge is 2.10. The van der Waals surface area contributed by atoms with E-state index < -0.39 is 11.6 Å². The van der Waals surface area contributed by atoms with Gasteiger partial charge in [-0.15, -0.1) is 0 Å². The molecule has 0 bridgehead atoms. The highest BCUT2D eigenvalue weighted by Crippen LogP contribution is 2.26. The zero-order chi connectivity index (χ0) is 12.4. The summed E-state index contributed by atoms with van der Waals surface area (Å²) in [5.41, 5.74) is 5.53. The van der Waals surface area contributed by atoms with Crippen molar-refractivity contribution in [1.29, 1.82) is 0 Å². The van der Waals surface area contributed by atoms with Gasteiger partial charge in [-0.1, -0.05) is 17.7 Å². The van der Waals surface area contributed by atoms with Gasteiger partial charge in [-0.05, 0) is 18.2 Å². The maximum atomic E-state index is 13.3. The van der Waals surface area contributed by atoms with E-state index in [1.54, 1.807) is 0 Å². The number of nitrogens with one attached hydrogen (secondary N) is 1. The first-order chi connectivity index (χ1) is 8.08. The van der Waals surface area contributed by atoms with E-state index in [0.717, 1.165) is 12.1 Å². The molecule has 3 nitrogen and oxygen atoms in total. The number of benzene rings is 1. The van der Waals surface area contributed by atoms with Gasteiger partial charge in [0.05, 0.1) is 10.7 Å². The molecule has 1 heterocycles. The summed E-state index contributed by atoms with van der Waals surface area (Å²) in [4.78, 5) is 3.85. The van der Waals surface area contributed by atoms with Gasteiger partial charge in [-0.25, -0.2) is 13.8 Å². The molecule has 17 heavy (non-hydrogen) atoms. The van der Waals surface area contributed by atoms with E-state index in [2.05, 4.69) is 10.3 Å². The normalized spacial score (nSPS) is 10.3. The monoisotopic (exact) mass is 255 g/mol. The number of nitrogens with two attached hydrogens (primary N) is 1. The Hall–Kier alpha value is -1.88. The summed E-state index contributed by atoms with van der Waals surface area (Å²) in [7, 11) is 0. The van der Waals surface area contributed by atoms with Crippen LogP contribution in [-0.2, 0) is 0 Å². The van der Waals surface area contributed by atoms with E-state index in [4.69, 9.17) is 17.3 Å². The number of hydrogen-bond donors (Lipinski definition) is 2. The van der Waals surface area contributed by atoms with Crippen molar-refractivity contribution in [2.45, 2.75) is 0 Å². The van der Waals surface area contributed by atoms with Crippen LogP contribution in [0.1, 0.15) is 0 Å². The predicted molar refractivity (Wildman–Crippen MR) is 63.3 cm³/mol. The number of pyridine rings is 1. The Morgan fingerprint density at radius 2 is 1.88 bits per heavy atom. The predicted octanol–water partition coefficient (Wildman–Crippen LogP) is 3.34. The van der Waals surface area contributed by atoms with E-state index in [1.165, 1.54) is 18.3 Å². The molecule has 0 aliphatic rings. The molecule has 1 aromatic heterocycles. The van der Waals surface area contributed by atoms with Gasteiger partial charge in [0.25, 0.3) is 0 Å². The highest BCUT2D eigenvalue weighted by molar-refractivity contribution is 6.30. The summed E-state index contributed by atoms with van der Waals surface area (Å²) in [5.74, 6) is -1.29. The van der Waals surface area contributed by atoms with Gasteiger partial charge in [-0.3, -0.25) is 0 Å². The lowest BCUT2D eigenvalue weighted by Gasteiger charge is -2.09. The number of halogens is 3. The molecule has 0 saturated carbocycles. The number of nitrogens with zero attached hydrogens (tertiary/aromatic N) is 1. The zero-order valence-electron chi connectivity index (χ0n) is 8.55. The lowest BCUT2D eigenvalue weighted by Crippen LogP contribution is -2.02. The van der Waals surface area contributed by atoms with Crippen molar-refractivity contribution in [3.8, 4) is 0 Å². The lowest BCUT2D eigenvalue weighted by atomic mass is 10.3. The summed E-state index contributed by atoms with van der Waals surface area (Å²) >= 11 is 5.66. The van der Waals surface area contributed by atoms with Crippen LogP contribution in [0.15, 0.2) is 30.5 Å². The Balaban J connectivity index is 2.38. The molecule has 0 saturated heterocycles. The minimum absolute atomic E-state index is 0.151. The van der Waals surface area contributed by atoms with E-state index in [-0.39, 0.29) is 17.2 Å². The van der Waals surface area contributed by atoms with Crippen LogP contribution < -0.4 is 11.1 Å². The van der Waals surface area contributed by atoms with Gasteiger partial charge < -0.3 is 11.1 Å². The molecule has 6 heteroatoms. The number of para-hydroxylation sites is 1. The van der Waals surface area contributed by atoms with Crippen LogP contribution >= 0.6 is 11.6 Å². The summed E-state index contributed by atoms with van der Waals surface area (Å²) < 4.78 is 26.7. The average molecular weight is 256 g/mol. The Bertz CT molecular complexity index is 540. The first kappa shape index (κ1) is 11.6. The van der Waals surface area contributed by atoms with Crippen molar-refractivity contribution in [3.05, 3.63) is 47.1 Å². The van der Waals surface area contributed by atoms with Crippen molar-refractivity contribution in [3.63, 3.8) is 0 Å². The van der Waals surface area contributed by atoms with Crippen LogP contribution in [0.2, 0.25) is 5.02 Å². The second-order valence-corrected chi connectivity index (χ2v) is 3.75. The van der Waals surface area contributed by atoms with Crippen molar-refractivity contribution in [1.82, 2.24) is 4.98 Å². The molecule has 2 rings (SSSR count). The third-order valence-electron chi connectivity index (χ3n) is 2.09. The highest BCUT2D eigenvalue weighted by atomic mass is 35.5. The van der Waals surface area contributed by atoms with Gasteiger partial charge in [0.1, 0.15) is 17.3 Å². The topological polar surface area (TPSA) is 50.9 Å². The molecule has 0 aliphatic carbocycles. The molecule has 0 radical (unpaired) electrons. The Labute approximate surface area is 101 Å². The fourth-order valence-corrected chi connectivity index (χ4v) is 1.46. The summed E-state index contributed by atoms with van der Waals surface area (Å²) in [6.07, 6.45) is 1.33. The van der Waals surface area contributed by atoms with E-state index >= 15 is 0 Å². The number of rotatable bonds is 2. The zero-order valence-corrected chi connectivity index (χ0v) is 9.30. The van der Waals surface area contributed by atoms with Gasteiger partial charge >= 0.3 is 0 Å². The molecule has 0 spiro atoms. The van der Waals surface area contributed by atoms with Crippen molar-refractivity contribution in [2.75, 3.05) is 11.1 Å². The molecule has 3 N–H and O–H groups in total. The molecule has 0 unspecified atom stereocenters. The minimum Gasteiger partial charge on any atom is -0.396 e.